The van der Waals surface area contributed by atoms with E-state index in [0.29, 0.717) is 25.1 Å². The van der Waals surface area contributed by atoms with Gasteiger partial charge in [-0.1, -0.05) is 60.2 Å². The van der Waals surface area contributed by atoms with Crippen LogP contribution in [-0.4, -0.2) is 39.7 Å². The van der Waals surface area contributed by atoms with Gasteiger partial charge in [-0.2, -0.15) is 0 Å². The Morgan fingerprint density at radius 1 is 0.732 bits per heavy atom. The van der Waals surface area contributed by atoms with Gasteiger partial charge in [-0.05, 0) is 72.5 Å². The molecule has 0 fully saturated rings. The van der Waals surface area contributed by atoms with Crippen molar-refractivity contribution in [3.05, 3.63) is 143 Å². The summed E-state index contributed by atoms with van der Waals surface area (Å²) in [5.41, 5.74) is 5.20. The highest BCUT2D eigenvalue weighted by Gasteiger charge is 2.23. The van der Waals surface area contributed by atoms with E-state index >= 15 is 0 Å². The number of rotatable bonds is 10. The lowest BCUT2D eigenvalue weighted by Crippen LogP contribution is -2.43. The monoisotopic (exact) mass is 551 g/mol. The fourth-order valence-electron chi connectivity index (χ4n) is 4.85. The number of amides is 2. The lowest BCUT2D eigenvalue weighted by atomic mass is 10.1. The first kappa shape index (κ1) is 27.8. The number of H-pyrrole nitrogens is 1. The van der Waals surface area contributed by atoms with Crippen LogP contribution in [0.2, 0.25) is 0 Å². The van der Waals surface area contributed by atoms with Crippen LogP contribution in [0.4, 0.5) is 8.78 Å². The molecule has 5 rings (SSSR count). The number of halogens is 2. The summed E-state index contributed by atoms with van der Waals surface area (Å²) in [6.45, 7) is 2.76. The molecule has 4 aromatic carbocycles. The molecular formula is C34H31F2N3O2. The minimum atomic E-state index is -0.454. The number of para-hydroxylation sites is 1. The molecule has 41 heavy (non-hydrogen) atoms. The second kappa shape index (κ2) is 12.6. The van der Waals surface area contributed by atoms with Crippen molar-refractivity contribution in [1.82, 2.24) is 14.8 Å². The van der Waals surface area contributed by atoms with Gasteiger partial charge in [0.15, 0.2) is 0 Å². The van der Waals surface area contributed by atoms with Gasteiger partial charge in [0, 0.05) is 42.3 Å². The first-order chi connectivity index (χ1) is 19.9. The zero-order chi connectivity index (χ0) is 28.8. The standard InChI is InChI=1S/C34H31F2N3O2/c1-24-6-8-25(9-7-24)21-38(19-18-28-20-37-32-5-3-2-4-31(28)32)33(40)23-39(22-26-10-14-29(35)15-11-26)34(41)27-12-16-30(36)17-13-27/h2-17,20,37H,18-19,21-23H2,1H3. The van der Waals surface area contributed by atoms with Crippen molar-refractivity contribution in [3.8, 4) is 0 Å². The molecule has 5 nitrogen and oxygen atoms in total. The predicted octanol–water partition coefficient (Wildman–Crippen LogP) is 6.67. The maximum absolute atomic E-state index is 13.9. The van der Waals surface area contributed by atoms with Crippen LogP contribution in [0.3, 0.4) is 0 Å². The molecule has 0 aliphatic rings. The van der Waals surface area contributed by atoms with Gasteiger partial charge in [-0.25, -0.2) is 8.78 Å². The van der Waals surface area contributed by atoms with E-state index < -0.39 is 11.7 Å². The number of carbonyl (C=O) groups is 2. The van der Waals surface area contributed by atoms with Gasteiger partial charge in [0.2, 0.25) is 5.91 Å². The van der Waals surface area contributed by atoms with Crippen molar-refractivity contribution in [1.29, 1.82) is 0 Å². The number of hydrogen-bond acceptors (Lipinski definition) is 2. The molecule has 0 bridgehead atoms. The van der Waals surface area contributed by atoms with Gasteiger partial charge in [0.1, 0.15) is 18.2 Å². The molecule has 7 heteroatoms. The third-order valence-corrected chi connectivity index (χ3v) is 7.16. The predicted molar refractivity (Wildman–Crippen MR) is 156 cm³/mol. The third kappa shape index (κ3) is 7.06. The van der Waals surface area contributed by atoms with Gasteiger partial charge < -0.3 is 14.8 Å². The molecular weight excluding hydrogens is 520 g/mol. The Morgan fingerprint density at radius 2 is 1.32 bits per heavy atom. The van der Waals surface area contributed by atoms with E-state index in [2.05, 4.69) is 11.1 Å². The van der Waals surface area contributed by atoms with Gasteiger partial charge in [0.25, 0.3) is 5.91 Å². The molecule has 2 amide bonds. The molecule has 0 saturated heterocycles. The number of carbonyl (C=O) groups excluding carboxylic acids is 2. The van der Waals surface area contributed by atoms with Gasteiger partial charge in [0.05, 0.1) is 0 Å². The minimum absolute atomic E-state index is 0.100. The Hall–Kier alpha value is -4.78. The van der Waals surface area contributed by atoms with Crippen LogP contribution >= 0.6 is 0 Å². The Bertz CT molecular complexity index is 1630. The van der Waals surface area contributed by atoms with Gasteiger partial charge in [-0.3, -0.25) is 9.59 Å². The zero-order valence-electron chi connectivity index (χ0n) is 22.8. The Kier molecular flexibility index (Phi) is 8.53. The van der Waals surface area contributed by atoms with E-state index in [1.54, 1.807) is 17.0 Å². The average molecular weight is 552 g/mol. The number of nitrogens with zero attached hydrogens (tertiary/aromatic N) is 2. The second-order valence-corrected chi connectivity index (χ2v) is 10.2. The maximum Gasteiger partial charge on any atom is 0.254 e. The maximum atomic E-state index is 13.9. The normalized spacial score (nSPS) is 11.0. The number of aromatic amines is 1. The first-order valence-electron chi connectivity index (χ1n) is 13.5. The molecule has 0 unspecified atom stereocenters. The van der Waals surface area contributed by atoms with Crippen LogP contribution < -0.4 is 0 Å². The molecule has 0 aliphatic heterocycles. The zero-order valence-corrected chi connectivity index (χ0v) is 22.8. The SMILES string of the molecule is Cc1ccc(CN(CCc2c[nH]c3ccccc23)C(=O)CN(Cc2ccc(F)cc2)C(=O)c2ccc(F)cc2)cc1. The summed E-state index contributed by atoms with van der Waals surface area (Å²) in [5.74, 6) is -1.47. The lowest BCUT2D eigenvalue weighted by molar-refractivity contribution is -0.132. The fraction of sp³-hybridized carbons (Fsp3) is 0.176. The van der Waals surface area contributed by atoms with E-state index in [4.69, 9.17) is 0 Å². The largest absolute Gasteiger partial charge is 0.361 e. The topological polar surface area (TPSA) is 56.4 Å². The summed E-state index contributed by atoms with van der Waals surface area (Å²) in [4.78, 5) is 33.9. The molecule has 0 radical (unpaired) electrons. The van der Waals surface area contributed by atoms with Crippen molar-refractivity contribution in [2.75, 3.05) is 13.1 Å². The summed E-state index contributed by atoms with van der Waals surface area (Å²) in [5, 5.41) is 1.11. The van der Waals surface area contributed by atoms with Crippen LogP contribution in [0.15, 0.2) is 103 Å². The summed E-state index contributed by atoms with van der Waals surface area (Å²) in [7, 11) is 0. The summed E-state index contributed by atoms with van der Waals surface area (Å²) >= 11 is 0. The van der Waals surface area contributed by atoms with Crippen molar-refractivity contribution in [3.63, 3.8) is 0 Å². The molecule has 1 N–H and O–H groups in total. The van der Waals surface area contributed by atoms with E-state index in [-0.39, 0.29) is 30.4 Å². The molecule has 0 aliphatic carbocycles. The highest BCUT2D eigenvalue weighted by molar-refractivity contribution is 5.96. The van der Waals surface area contributed by atoms with Crippen molar-refractivity contribution in [2.24, 2.45) is 0 Å². The van der Waals surface area contributed by atoms with Crippen LogP contribution in [0, 0.1) is 18.6 Å². The van der Waals surface area contributed by atoms with E-state index in [1.807, 2.05) is 55.6 Å². The number of aromatic nitrogens is 1. The first-order valence-corrected chi connectivity index (χ1v) is 13.5. The highest BCUT2D eigenvalue weighted by Crippen LogP contribution is 2.20. The number of nitrogens with one attached hydrogen (secondary N) is 1. The summed E-state index contributed by atoms with van der Waals surface area (Å²) < 4.78 is 27.1. The molecule has 1 aromatic heterocycles. The molecule has 0 spiro atoms. The number of benzene rings is 4. The van der Waals surface area contributed by atoms with Crippen LogP contribution in [0.5, 0.6) is 0 Å². The summed E-state index contributed by atoms with van der Waals surface area (Å²) in [6.07, 6.45) is 2.60. The van der Waals surface area contributed by atoms with E-state index in [9.17, 15) is 18.4 Å². The Balaban J connectivity index is 1.40. The molecule has 1 heterocycles. The average Bonchev–Trinajstić information content (AvgIpc) is 3.40. The van der Waals surface area contributed by atoms with E-state index in [0.717, 1.165) is 27.6 Å². The van der Waals surface area contributed by atoms with Crippen LogP contribution in [0.25, 0.3) is 10.9 Å². The number of aryl methyl sites for hydroxylation is 1. The van der Waals surface area contributed by atoms with Crippen molar-refractivity contribution >= 4 is 22.7 Å². The second-order valence-electron chi connectivity index (χ2n) is 10.2. The minimum Gasteiger partial charge on any atom is -0.361 e. The molecule has 208 valence electrons. The highest BCUT2D eigenvalue weighted by atomic mass is 19.1. The quantitative estimate of drug-likeness (QED) is 0.211. The van der Waals surface area contributed by atoms with E-state index in [1.165, 1.54) is 41.3 Å². The Morgan fingerprint density at radius 3 is 2.00 bits per heavy atom. The number of fused-ring (bicyclic) bond motifs is 1. The van der Waals surface area contributed by atoms with Crippen molar-refractivity contribution in [2.45, 2.75) is 26.4 Å². The van der Waals surface area contributed by atoms with Crippen LogP contribution in [-0.2, 0) is 24.3 Å². The smallest absolute Gasteiger partial charge is 0.254 e. The van der Waals surface area contributed by atoms with Crippen molar-refractivity contribution < 1.29 is 18.4 Å². The fourth-order valence-corrected chi connectivity index (χ4v) is 4.85. The molecule has 0 saturated carbocycles. The molecule has 0 atom stereocenters. The lowest BCUT2D eigenvalue weighted by Gasteiger charge is -2.28. The van der Waals surface area contributed by atoms with Gasteiger partial charge >= 0.3 is 0 Å². The summed E-state index contributed by atoms with van der Waals surface area (Å²) in [6, 6.07) is 27.1. The molecule has 5 aromatic rings. The van der Waals surface area contributed by atoms with Gasteiger partial charge in [-0.15, -0.1) is 0 Å². The Labute approximate surface area is 238 Å². The third-order valence-electron chi connectivity index (χ3n) is 7.16. The number of hydrogen-bond donors (Lipinski definition) is 1. The van der Waals surface area contributed by atoms with Crippen LogP contribution in [0.1, 0.15) is 32.6 Å².